The second-order valence-electron chi connectivity index (χ2n) is 3.77. The number of benzene rings is 1. The van der Waals surface area contributed by atoms with Crippen LogP contribution in [0.5, 0.6) is 0 Å². The van der Waals surface area contributed by atoms with Crippen LogP contribution in [0.3, 0.4) is 0 Å². The molecule has 1 saturated carbocycles. The molecule has 0 heterocycles. The summed E-state index contributed by atoms with van der Waals surface area (Å²) in [6.45, 7) is 0. The van der Waals surface area contributed by atoms with Crippen molar-refractivity contribution in [3.63, 3.8) is 0 Å². The Morgan fingerprint density at radius 2 is 2.13 bits per heavy atom. The molecule has 0 N–H and O–H groups in total. The molecule has 0 aromatic heterocycles. The van der Waals surface area contributed by atoms with Crippen LogP contribution in [0.2, 0.25) is 5.02 Å². The Morgan fingerprint density at radius 3 is 2.60 bits per heavy atom. The van der Waals surface area contributed by atoms with Crippen molar-refractivity contribution < 1.29 is 4.39 Å². The zero-order chi connectivity index (χ0) is 11.1. The summed E-state index contributed by atoms with van der Waals surface area (Å²) in [6.07, 6.45) is 2.34. The van der Waals surface area contributed by atoms with Gasteiger partial charge in [-0.15, -0.1) is 0 Å². The number of halogens is 3. The summed E-state index contributed by atoms with van der Waals surface area (Å²) < 4.78 is 14.2. The maximum Gasteiger partial charge on any atom is 0.143 e. The van der Waals surface area contributed by atoms with Crippen molar-refractivity contribution in [3.8, 4) is 6.07 Å². The lowest BCUT2D eigenvalue weighted by atomic mass is 9.65. The van der Waals surface area contributed by atoms with E-state index in [2.05, 4.69) is 22.0 Å². The van der Waals surface area contributed by atoms with Gasteiger partial charge in [-0.3, -0.25) is 0 Å². The third-order valence-electron chi connectivity index (χ3n) is 2.94. The summed E-state index contributed by atoms with van der Waals surface area (Å²) >= 11 is 9.08. The van der Waals surface area contributed by atoms with Crippen LogP contribution in [0.4, 0.5) is 4.39 Å². The van der Waals surface area contributed by atoms with Gasteiger partial charge in [-0.1, -0.05) is 11.6 Å². The average Bonchev–Trinajstić information content (AvgIpc) is 2.16. The van der Waals surface area contributed by atoms with Crippen molar-refractivity contribution in [1.29, 1.82) is 5.26 Å². The number of hydrogen-bond donors (Lipinski definition) is 0. The molecule has 15 heavy (non-hydrogen) atoms. The highest BCUT2D eigenvalue weighted by molar-refractivity contribution is 9.10. The van der Waals surface area contributed by atoms with Crippen LogP contribution >= 0.6 is 27.5 Å². The van der Waals surface area contributed by atoms with Gasteiger partial charge in [-0.05, 0) is 47.3 Å². The Bertz CT molecular complexity index is 449. The largest absolute Gasteiger partial charge is 0.205 e. The Balaban J connectivity index is 2.62. The minimum absolute atomic E-state index is 0.344. The van der Waals surface area contributed by atoms with Crippen molar-refractivity contribution >= 4 is 27.5 Å². The quantitative estimate of drug-likeness (QED) is 0.711. The molecule has 0 amide bonds. The molecule has 1 nitrogen and oxygen atoms in total. The summed E-state index contributed by atoms with van der Waals surface area (Å²) in [6, 6.07) is 5.38. The fourth-order valence-electron chi connectivity index (χ4n) is 1.91. The fraction of sp³-hybridized carbons (Fsp3) is 0.364. The third kappa shape index (κ3) is 1.56. The SMILES string of the molecule is N#CC1(c2c(Cl)ccc(Br)c2F)CCC1. The van der Waals surface area contributed by atoms with Gasteiger partial charge in [0.2, 0.25) is 0 Å². The van der Waals surface area contributed by atoms with E-state index in [9.17, 15) is 4.39 Å². The van der Waals surface area contributed by atoms with Gasteiger partial charge in [0.05, 0.1) is 16.0 Å². The summed E-state index contributed by atoms with van der Waals surface area (Å²) in [5.74, 6) is -0.399. The van der Waals surface area contributed by atoms with Crippen LogP contribution in [0.1, 0.15) is 24.8 Å². The highest BCUT2D eigenvalue weighted by atomic mass is 79.9. The van der Waals surface area contributed by atoms with Crippen LogP contribution in [-0.4, -0.2) is 0 Å². The highest BCUT2D eigenvalue weighted by Gasteiger charge is 2.43. The molecular weight excluding hydrogens is 280 g/mol. The van der Waals surface area contributed by atoms with Crippen molar-refractivity contribution in [2.75, 3.05) is 0 Å². The molecule has 1 aromatic carbocycles. The second-order valence-corrected chi connectivity index (χ2v) is 5.03. The molecule has 0 aliphatic heterocycles. The first-order chi connectivity index (χ1) is 7.10. The van der Waals surface area contributed by atoms with Gasteiger partial charge >= 0.3 is 0 Å². The van der Waals surface area contributed by atoms with Gasteiger partial charge in [0, 0.05) is 10.6 Å². The minimum atomic E-state index is -0.703. The van der Waals surface area contributed by atoms with Gasteiger partial charge in [0.15, 0.2) is 0 Å². The zero-order valence-corrected chi connectivity index (χ0v) is 10.2. The maximum absolute atomic E-state index is 13.9. The van der Waals surface area contributed by atoms with Crippen LogP contribution in [0.15, 0.2) is 16.6 Å². The lowest BCUT2D eigenvalue weighted by molar-refractivity contribution is 0.313. The van der Waals surface area contributed by atoms with E-state index in [0.717, 1.165) is 6.42 Å². The van der Waals surface area contributed by atoms with E-state index in [1.807, 2.05) is 0 Å². The smallest absolute Gasteiger partial charge is 0.143 e. The maximum atomic E-state index is 13.9. The summed E-state index contributed by atoms with van der Waals surface area (Å²) in [4.78, 5) is 0. The summed E-state index contributed by atoms with van der Waals surface area (Å²) in [7, 11) is 0. The van der Waals surface area contributed by atoms with E-state index < -0.39 is 11.2 Å². The zero-order valence-electron chi connectivity index (χ0n) is 7.86. The monoisotopic (exact) mass is 287 g/mol. The predicted molar refractivity (Wildman–Crippen MR) is 60.3 cm³/mol. The van der Waals surface area contributed by atoms with Gasteiger partial charge < -0.3 is 0 Å². The molecule has 0 bridgehead atoms. The molecule has 1 aliphatic carbocycles. The van der Waals surface area contributed by atoms with Gasteiger partial charge in [0.25, 0.3) is 0 Å². The summed E-state index contributed by atoms with van der Waals surface area (Å²) in [5.41, 5.74) is -0.349. The first-order valence-electron chi connectivity index (χ1n) is 4.66. The van der Waals surface area contributed by atoms with E-state index >= 15 is 0 Å². The normalized spacial score (nSPS) is 18.0. The molecule has 1 aromatic rings. The van der Waals surface area contributed by atoms with Crippen LogP contribution in [0.25, 0.3) is 0 Å². The van der Waals surface area contributed by atoms with Gasteiger partial charge in [-0.2, -0.15) is 5.26 Å². The topological polar surface area (TPSA) is 23.8 Å². The molecule has 1 fully saturated rings. The molecule has 2 rings (SSSR count). The number of rotatable bonds is 1. The third-order valence-corrected chi connectivity index (χ3v) is 3.87. The first kappa shape index (κ1) is 10.9. The number of nitriles is 1. The second kappa shape index (κ2) is 3.77. The van der Waals surface area contributed by atoms with E-state index in [0.29, 0.717) is 27.9 Å². The van der Waals surface area contributed by atoms with E-state index in [4.69, 9.17) is 16.9 Å². The molecule has 0 spiro atoms. The van der Waals surface area contributed by atoms with Gasteiger partial charge in [0.1, 0.15) is 5.82 Å². The molecule has 1 aliphatic rings. The molecule has 0 atom stereocenters. The average molecular weight is 289 g/mol. The van der Waals surface area contributed by atoms with Crippen molar-refractivity contribution in [3.05, 3.63) is 33.0 Å². The predicted octanol–water partition coefficient (Wildman–Crippen LogP) is 4.19. The number of hydrogen-bond acceptors (Lipinski definition) is 1. The molecule has 0 unspecified atom stereocenters. The standard InChI is InChI=1S/C11H8BrClFN/c12-7-2-3-8(13)9(10(7)14)11(6-15)4-1-5-11/h2-3H,1,4-5H2. The van der Waals surface area contributed by atoms with Crippen LogP contribution in [0, 0.1) is 17.1 Å². The highest BCUT2D eigenvalue weighted by Crippen LogP contribution is 2.47. The molecule has 78 valence electrons. The fourth-order valence-corrected chi connectivity index (χ4v) is 2.57. The van der Waals surface area contributed by atoms with Crippen molar-refractivity contribution in [1.82, 2.24) is 0 Å². The lowest BCUT2D eigenvalue weighted by Gasteiger charge is -2.36. The van der Waals surface area contributed by atoms with Gasteiger partial charge in [-0.25, -0.2) is 4.39 Å². The number of nitrogens with zero attached hydrogens (tertiary/aromatic N) is 1. The molecule has 4 heteroatoms. The minimum Gasteiger partial charge on any atom is -0.205 e. The molecular formula is C11H8BrClFN. The lowest BCUT2D eigenvalue weighted by Crippen LogP contribution is -2.33. The molecule has 0 saturated heterocycles. The van der Waals surface area contributed by atoms with E-state index in [1.165, 1.54) is 0 Å². The van der Waals surface area contributed by atoms with Crippen LogP contribution < -0.4 is 0 Å². The Hall–Kier alpha value is -0.590. The Morgan fingerprint density at radius 1 is 1.47 bits per heavy atom. The molecule has 0 radical (unpaired) electrons. The van der Waals surface area contributed by atoms with Crippen LogP contribution in [-0.2, 0) is 5.41 Å². The van der Waals surface area contributed by atoms with E-state index in [-0.39, 0.29) is 0 Å². The van der Waals surface area contributed by atoms with Crippen molar-refractivity contribution in [2.45, 2.75) is 24.7 Å². The van der Waals surface area contributed by atoms with Crippen molar-refractivity contribution in [2.24, 2.45) is 0 Å². The Kier molecular flexibility index (Phi) is 2.74. The van der Waals surface area contributed by atoms with E-state index in [1.54, 1.807) is 12.1 Å². The Labute approximate surface area is 101 Å². The summed E-state index contributed by atoms with van der Waals surface area (Å²) in [5, 5.41) is 9.48. The first-order valence-corrected chi connectivity index (χ1v) is 5.83.